The first-order chi connectivity index (χ1) is 9.43. The lowest BCUT2D eigenvalue weighted by atomic mass is 9.79. The number of hydrogen-bond acceptors (Lipinski definition) is 4. The summed E-state index contributed by atoms with van der Waals surface area (Å²) in [4.78, 5) is 23.1. The van der Waals surface area contributed by atoms with E-state index in [4.69, 9.17) is 9.84 Å². The number of carboxylic acids is 1. The SMILES string of the molecule is CC1(OCC(=O)NC2(CC(=O)O)CCCCC2)CNC1. The fourth-order valence-electron chi connectivity index (χ4n) is 3.01. The van der Waals surface area contributed by atoms with Gasteiger partial charge in [-0.2, -0.15) is 0 Å². The second-order valence-corrected chi connectivity index (χ2v) is 6.30. The van der Waals surface area contributed by atoms with Crippen LogP contribution in [0, 0.1) is 0 Å². The first-order valence-electron chi connectivity index (χ1n) is 7.31. The minimum atomic E-state index is -0.858. The molecule has 1 saturated carbocycles. The molecule has 1 amide bonds. The second-order valence-electron chi connectivity index (χ2n) is 6.30. The Balaban J connectivity index is 1.86. The number of carbonyl (C=O) groups is 2. The standard InChI is InChI=1S/C14H24N2O4/c1-13(9-15-10-13)20-8-11(17)16-14(7-12(18)19)5-3-2-4-6-14/h15H,2-10H2,1H3,(H,16,17)(H,18,19). The quantitative estimate of drug-likeness (QED) is 0.667. The van der Waals surface area contributed by atoms with Gasteiger partial charge in [0.2, 0.25) is 5.91 Å². The van der Waals surface area contributed by atoms with Gasteiger partial charge >= 0.3 is 5.97 Å². The Morgan fingerprint density at radius 1 is 1.25 bits per heavy atom. The fraction of sp³-hybridized carbons (Fsp3) is 0.857. The Hall–Kier alpha value is -1.14. The van der Waals surface area contributed by atoms with Crippen molar-refractivity contribution >= 4 is 11.9 Å². The smallest absolute Gasteiger partial charge is 0.305 e. The van der Waals surface area contributed by atoms with E-state index >= 15 is 0 Å². The Kier molecular flexibility index (Phi) is 4.65. The Bertz CT molecular complexity index is 373. The molecule has 1 aliphatic carbocycles. The third kappa shape index (κ3) is 3.93. The summed E-state index contributed by atoms with van der Waals surface area (Å²) in [6, 6.07) is 0. The highest BCUT2D eigenvalue weighted by Crippen LogP contribution is 2.31. The zero-order chi connectivity index (χ0) is 14.6. The van der Waals surface area contributed by atoms with Gasteiger partial charge in [-0.3, -0.25) is 9.59 Å². The maximum atomic E-state index is 12.0. The third-order valence-electron chi connectivity index (χ3n) is 4.25. The second kappa shape index (κ2) is 6.10. The summed E-state index contributed by atoms with van der Waals surface area (Å²) < 4.78 is 5.60. The highest BCUT2D eigenvalue weighted by molar-refractivity contribution is 5.79. The van der Waals surface area contributed by atoms with E-state index in [1.54, 1.807) is 0 Å². The predicted molar refractivity (Wildman–Crippen MR) is 73.4 cm³/mol. The van der Waals surface area contributed by atoms with Gasteiger partial charge < -0.3 is 20.5 Å². The van der Waals surface area contributed by atoms with Crippen molar-refractivity contribution in [3.63, 3.8) is 0 Å². The maximum Gasteiger partial charge on any atom is 0.305 e. The normalized spacial score (nSPS) is 23.6. The van der Waals surface area contributed by atoms with Crippen LogP contribution in [-0.2, 0) is 14.3 Å². The van der Waals surface area contributed by atoms with E-state index in [9.17, 15) is 9.59 Å². The lowest BCUT2D eigenvalue weighted by Crippen LogP contribution is -2.60. The molecule has 0 aromatic rings. The molecule has 0 unspecified atom stereocenters. The monoisotopic (exact) mass is 284 g/mol. The summed E-state index contributed by atoms with van der Waals surface area (Å²) in [5.74, 6) is -1.07. The summed E-state index contributed by atoms with van der Waals surface area (Å²) in [5.41, 5.74) is -0.840. The van der Waals surface area contributed by atoms with Gasteiger partial charge in [0, 0.05) is 13.1 Å². The van der Waals surface area contributed by atoms with Crippen LogP contribution < -0.4 is 10.6 Å². The van der Waals surface area contributed by atoms with Crippen LogP contribution in [0.4, 0.5) is 0 Å². The number of carboxylic acid groups (broad SMARTS) is 1. The molecule has 6 heteroatoms. The van der Waals surface area contributed by atoms with Crippen molar-refractivity contribution in [2.45, 2.75) is 56.6 Å². The van der Waals surface area contributed by atoms with Crippen molar-refractivity contribution in [1.82, 2.24) is 10.6 Å². The molecule has 114 valence electrons. The highest BCUT2D eigenvalue weighted by atomic mass is 16.5. The summed E-state index contributed by atoms with van der Waals surface area (Å²) in [5, 5.41) is 15.1. The topological polar surface area (TPSA) is 87.7 Å². The van der Waals surface area contributed by atoms with Crippen molar-refractivity contribution in [2.24, 2.45) is 0 Å². The van der Waals surface area contributed by atoms with Crippen molar-refractivity contribution in [3.8, 4) is 0 Å². The number of ether oxygens (including phenoxy) is 1. The number of carbonyl (C=O) groups excluding carboxylic acids is 1. The maximum absolute atomic E-state index is 12.0. The van der Waals surface area contributed by atoms with Crippen LogP contribution in [0.3, 0.4) is 0 Å². The zero-order valence-corrected chi connectivity index (χ0v) is 12.0. The van der Waals surface area contributed by atoms with Gasteiger partial charge in [0.15, 0.2) is 0 Å². The Labute approximate surface area is 119 Å². The van der Waals surface area contributed by atoms with Crippen molar-refractivity contribution in [2.75, 3.05) is 19.7 Å². The molecule has 0 bridgehead atoms. The zero-order valence-electron chi connectivity index (χ0n) is 12.0. The van der Waals surface area contributed by atoms with E-state index in [2.05, 4.69) is 10.6 Å². The van der Waals surface area contributed by atoms with Gasteiger partial charge in [0.25, 0.3) is 0 Å². The molecule has 20 heavy (non-hydrogen) atoms. The van der Waals surface area contributed by atoms with Crippen LogP contribution in [0.5, 0.6) is 0 Å². The van der Waals surface area contributed by atoms with Crippen LogP contribution in [0.2, 0.25) is 0 Å². The molecule has 1 saturated heterocycles. The predicted octanol–water partition coefficient (Wildman–Crippen LogP) is 0.659. The van der Waals surface area contributed by atoms with E-state index in [0.29, 0.717) is 0 Å². The molecule has 0 spiro atoms. The van der Waals surface area contributed by atoms with E-state index < -0.39 is 11.5 Å². The van der Waals surface area contributed by atoms with Crippen LogP contribution in [-0.4, -0.2) is 47.8 Å². The van der Waals surface area contributed by atoms with Crippen LogP contribution in [0.1, 0.15) is 45.4 Å². The van der Waals surface area contributed by atoms with Crippen molar-refractivity contribution in [3.05, 3.63) is 0 Å². The minimum absolute atomic E-state index is 0.000447. The molecule has 3 N–H and O–H groups in total. The van der Waals surface area contributed by atoms with Gasteiger partial charge in [-0.05, 0) is 19.8 Å². The van der Waals surface area contributed by atoms with E-state index in [1.165, 1.54) is 0 Å². The number of nitrogens with one attached hydrogen (secondary N) is 2. The number of amides is 1. The average Bonchev–Trinajstić information content (AvgIpc) is 2.34. The molecular formula is C14H24N2O4. The summed E-state index contributed by atoms with van der Waals surface area (Å²) in [7, 11) is 0. The van der Waals surface area contributed by atoms with Gasteiger partial charge in [0.1, 0.15) is 6.61 Å². The molecule has 1 aliphatic heterocycles. The van der Waals surface area contributed by atoms with E-state index in [1.807, 2.05) is 6.92 Å². The molecule has 0 aromatic heterocycles. The lowest BCUT2D eigenvalue weighted by molar-refractivity contribution is -0.142. The van der Waals surface area contributed by atoms with Crippen LogP contribution in [0.25, 0.3) is 0 Å². The summed E-state index contributed by atoms with van der Waals surface area (Å²) in [6.45, 7) is 3.46. The van der Waals surface area contributed by atoms with Gasteiger partial charge in [-0.25, -0.2) is 0 Å². The van der Waals surface area contributed by atoms with Crippen molar-refractivity contribution in [1.29, 1.82) is 0 Å². The van der Waals surface area contributed by atoms with E-state index in [-0.39, 0.29) is 24.5 Å². The van der Waals surface area contributed by atoms with E-state index in [0.717, 1.165) is 45.2 Å². The van der Waals surface area contributed by atoms with Crippen LogP contribution >= 0.6 is 0 Å². The summed E-state index contributed by atoms with van der Waals surface area (Å²) >= 11 is 0. The number of hydrogen-bond donors (Lipinski definition) is 3. The largest absolute Gasteiger partial charge is 0.481 e. The van der Waals surface area contributed by atoms with Gasteiger partial charge in [0.05, 0.1) is 17.6 Å². The molecule has 0 aromatic carbocycles. The molecule has 2 fully saturated rings. The number of aliphatic carboxylic acids is 1. The minimum Gasteiger partial charge on any atom is -0.481 e. The van der Waals surface area contributed by atoms with Crippen LogP contribution in [0.15, 0.2) is 0 Å². The first kappa shape index (κ1) is 15.3. The molecule has 1 heterocycles. The van der Waals surface area contributed by atoms with Gasteiger partial charge in [-0.15, -0.1) is 0 Å². The highest BCUT2D eigenvalue weighted by Gasteiger charge is 2.37. The fourth-order valence-corrected chi connectivity index (χ4v) is 3.01. The first-order valence-corrected chi connectivity index (χ1v) is 7.31. The number of rotatable bonds is 6. The average molecular weight is 284 g/mol. The van der Waals surface area contributed by atoms with Gasteiger partial charge in [-0.1, -0.05) is 19.3 Å². The molecular weight excluding hydrogens is 260 g/mol. The molecule has 0 radical (unpaired) electrons. The molecule has 2 aliphatic rings. The molecule has 2 rings (SSSR count). The Morgan fingerprint density at radius 3 is 2.40 bits per heavy atom. The van der Waals surface area contributed by atoms with Crippen molar-refractivity contribution < 1.29 is 19.4 Å². The molecule has 0 atom stereocenters. The Morgan fingerprint density at radius 2 is 1.90 bits per heavy atom. The summed E-state index contributed by atoms with van der Waals surface area (Å²) in [6.07, 6.45) is 4.52. The lowest BCUT2D eigenvalue weighted by Gasteiger charge is -2.40. The molecule has 6 nitrogen and oxygen atoms in total. The third-order valence-corrected chi connectivity index (χ3v) is 4.25.